The normalized spacial score (nSPS) is 15.4. The zero-order chi connectivity index (χ0) is 24.7. The Bertz CT molecular complexity index is 1320. The Labute approximate surface area is 198 Å². The number of nitrogens with zero attached hydrogens (tertiary/aromatic N) is 2. The third-order valence-corrected chi connectivity index (χ3v) is 7.84. The number of fused-ring (bicyclic) bond motifs is 1. The number of nitrogens with one attached hydrogen (secondary N) is 1. The molecule has 0 atom stereocenters. The summed E-state index contributed by atoms with van der Waals surface area (Å²) in [5.74, 6) is -0.295. The molecule has 12 heteroatoms. The average molecular weight is 512 g/mol. The van der Waals surface area contributed by atoms with Crippen LogP contribution >= 0.6 is 11.3 Å². The molecule has 0 unspecified atom stereocenters. The molecule has 1 aliphatic rings. The van der Waals surface area contributed by atoms with Crippen molar-refractivity contribution in [2.45, 2.75) is 30.8 Å². The maximum absolute atomic E-state index is 13.4. The van der Waals surface area contributed by atoms with Crippen LogP contribution in [0.2, 0.25) is 0 Å². The van der Waals surface area contributed by atoms with Crippen molar-refractivity contribution in [1.82, 2.24) is 4.98 Å². The standard InChI is InChI=1S/C22H20F3N3O4S2/c1-13(2)19-20(33-12-26-19)21(29)27-15-5-8-17-18(11-15)34(30,31)28(9-10-32-17)16-6-3-14(4-7-16)22(23,24)25/h3-8,11-13H,9-10H2,1-2H3,(H,27,29). The van der Waals surface area contributed by atoms with E-state index in [9.17, 15) is 26.4 Å². The first-order chi connectivity index (χ1) is 16.0. The Morgan fingerprint density at radius 3 is 2.53 bits per heavy atom. The molecule has 1 N–H and O–H groups in total. The largest absolute Gasteiger partial charge is 0.490 e. The lowest BCUT2D eigenvalue weighted by Crippen LogP contribution is -2.32. The zero-order valence-corrected chi connectivity index (χ0v) is 19.7. The molecule has 34 heavy (non-hydrogen) atoms. The fraction of sp³-hybridized carbons (Fsp3) is 0.273. The molecule has 1 aromatic heterocycles. The molecule has 3 aromatic rings. The number of alkyl halides is 3. The summed E-state index contributed by atoms with van der Waals surface area (Å²) in [7, 11) is -4.19. The van der Waals surface area contributed by atoms with E-state index in [-0.39, 0.29) is 41.1 Å². The number of hydrogen-bond acceptors (Lipinski definition) is 6. The molecule has 0 saturated heterocycles. The number of hydrogen-bond donors (Lipinski definition) is 1. The lowest BCUT2D eigenvalue weighted by atomic mass is 10.1. The Morgan fingerprint density at radius 1 is 1.18 bits per heavy atom. The van der Waals surface area contributed by atoms with Crippen molar-refractivity contribution in [3.63, 3.8) is 0 Å². The number of benzene rings is 2. The van der Waals surface area contributed by atoms with E-state index in [4.69, 9.17) is 4.74 Å². The van der Waals surface area contributed by atoms with E-state index in [0.717, 1.165) is 28.6 Å². The highest BCUT2D eigenvalue weighted by Gasteiger charge is 2.34. The van der Waals surface area contributed by atoms with Gasteiger partial charge in [-0.2, -0.15) is 13.2 Å². The third kappa shape index (κ3) is 4.60. The Hall–Kier alpha value is -3.12. The van der Waals surface area contributed by atoms with Gasteiger partial charge in [0.15, 0.2) is 0 Å². The van der Waals surface area contributed by atoms with Crippen LogP contribution in [0.3, 0.4) is 0 Å². The highest BCUT2D eigenvalue weighted by molar-refractivity contribution is 7.93. The number of carbonyl (C=O) groups is 1. The van der Waals surface area contributed by atoms with Crippen molar-refractivity contribution >= 4 is 38.6 Å². The van der Waals surface area contributed by atoms with Crippen LogP contribution in [0, 0.1) is 0 Å². The molecule has 7 nitrogen and oxygen atoms in total. The number of rotatable bonds is 4. The van der Waals surface area contributed by atoms with Gasteiger partial charge in [-0.3, -0.25) is 9.10 Å². The van der Waals surface area contributed by atoms with Crippen LogP contribution in [0.25, 0.3) is 0 Å². The van der Waals surface area contributed by atoms with Crippen LogP contribution in [0.5, 0.6) is 5.75 Å². The van der Waals surface area contributed by atoms with Gasteiger partial charge >= 0.3 is 6.18 Å². The molecule has 0 spiro atoms. The number of sulfonamides is 1. The van der Waals surface area contributed by atoms with Crippen LogP contribution in [-0.4, -0.2) is 32.5 Å². The van der Waals surface area contributed by atoms with Gasteiger partial charge in [-0.25, -0.2) is 13.4 Å². The number of aromatic nitrogens is 1. The quantitative estimate of drug-likeness (QED) is 0.525. The maximum atomic E-state index is 13.4. The smallest absolute Gasteiger partial charge is 0.416 e. The van der Waals surface area contributed by atoms with Crippen LogP contribution in [0.4, 0.5) is 24.5 Å². The Kier molecular flexibility index (Phi) is 6.30. The summed E-state index contributed by atoms with van der Waals surface area (Å²) >= 11 is 1.18. The van der Waals surface area contributed by atoms with E-state index < -0.39 is 27.7 Å². The lowest BCUT2D eigenvalue weighted by molar-refractivity contribution is -0.137. The van der Waals surface area contributed by atoms with Gasteiger partial charge in [0.2, 0.25) is 0 Å². The number of anilines is 2. The average Bonchev–Trinajstić information content (AvgIpc) is 3.23. The first-order valence-corrected chi connectivity index (χ1v) is 12.5. The monoisotopic (exact) mass is 511 g/mol. The van der Waals surface area contributed by atoms with Gasteiger partial charge in [0.1, 0.15) is 22.1 Å². The summed E-state index contributed by atoms with van der Waals surface area (Å²) in [5, 5.41) is 2.69. The summed E-state index contributed by atoms with van der Waals surface area (Å²) in [4.78, 5) is 17.2. The number of halogens is 3. The topological polar surface area (TPSA) is 88.6 Å². The van der Waals surface area contributed by atoms with Crippen molar-refractivity contribution in [2.24, 2.45) is 0 Å². The van der Waals surface area contributed by atoms with E-state index in [2.05, 4.69) is 10.3 Å². The minimum atomic E-state index is -4.54. The highest BCUT2D eigenvalue weighted by atomic mass is 32.2. The number of ether oxygens (including phenoxy) is 1. The van der Waals surface area contributed by atoms with Gasteiger partial charge in [-0.15, -0.1) is 11.3 Å². The van der Waals surface area contributed by atoms with Gasteiger partial charge < -0.3 is 10.1 Å². The fourth-order valence-electron chi connectivity index (χ4n) is 3.49. The van der Waals surface area contributed by atoms with Gasteiger partial charge in [0.05, 0.1) is 29.0 Å². The van der Waals surface area contributed by atoms with Gasteiger partial charge in [0.25, 0.3) is 15.9 Å². The van der Waals surface area contributed by atoms with Crippen molar-refractivity contribution in [3.8, 4) is 5.75 Å². The molecular formula is C22H20F3N3O4S2. The fourth-order valence-corrected chi connectivity index (χ4v) is 5.94. The number of thiazole rings is 1. The van der Waals surface area contributed by atoms with Crippen LogP contribution in [0.1, 0.15) is 40.7 Å². The predicted octanol–water partition coefficient (Wildman–Crippen LogP) is 5.13. The molecule has 4 rings (SSSR count). The van der Waals surface area contributed by atoms with Crippen LogP contribution in [-0.2, 0) is 16.2 Å². The third-order valence-electron chi connectivity index (χ3n) is 5.15. The van der Waals surface area contributed by atoms with E-state index in [1.54, 1.807) is 5.51 Å². The van der Waals surface area contributed by atoms with Gasteiger partial charge in [-0.1, -0.05) is 13.8 Å². The number of carbonyl (C=O) groups excluding carboxylic acids is 1. The Balaban J connectivity index is 1.66. The second-order valence-electron chi connectivity index (χ2n) is 7.81. The molecule has 0 bridgehead atoms. The van der Waals surface area contributed by atoms with Crippen molar-refractivity contribution in [3.05, 3.63) is 64.1 Å². The zero-order valence-electron chi connectivity index (χ0n) is 18.1. The molecule has 0 fully saturated rings. The van der Waals surface area contributed by atoms with E-state index in [1.165, 1.54) is 29.5 Å². The molecule has 2 aromatic carbocycles. The molecule has 180 valence electrons. The van der Waals surface area contributed by atoms with Crippen molar-refractivity contribution in [2.75, 3.05) is 22.8 Å². The molecule has 0 aliphatic carbocycles. The van der Waals surface area contributed by atoms with Crippen LogP contribution in [0.15, 0.2) is 52.9 Å². The van der Waals surface area contributed by atoms with Crippen LogP contribution < -0.4 is 14.4 Å². The summed E-state index contributed by atoms with van der Waals surface area (Å²) in [6.07, 6.45) is -4.54. The maximum Gasteiger partial charge on any atom is 0.416 e. The van der Waals surface area contributed by atoms with Gasteiger partial charge in [0, 0.05) is 5.69 Å². The van der Waals surface area contributed by atoms with E-state index >= 15 is 0 Å². The first kappa shape index (κ1) is 24.0. The second-order valence-corrected chi connectivity index (χ2v) is 10.5. The molecular weight excluding hydrogens is 491 g/mol. The Morgan fingerprint density at radius 2 is 1.88 bits per heavy atom. The minimum absolute atomic E-state index is 0.00241. The van der Waals surface area contributed by atoms with Crippen molar-refractivity contribution < 1.29 is 31.1 Å². The number of amides is 1. The molecule has 1 amide bonds. The molecule has 0 saturated carbocycles. The second kappa shape index (κ2) is 8.91. The summed E-state index contributed by atoms with van der Waals surface area (Å²) in [6, 6.07) is 8.11. The first-order valence-electron chi connectivity index (χ1n) is 10.2. The highest BCUT2D eigenvalue weighted by Crippen LogP contribution is 2.36. The molecule has 0 radical (unpaired) electrons. The lowest BCUT2D eigenvalue weighted by Gasteiger charge is -2.22. The summed E-state index contributed by atoms with van der Waals surface area (Å²) in [6.45, 7) is 3.72. The minimum Gasteiger partial charge on any atom is -0.490 e. The summed E-state index contributed by atoms with van der Waals surface area (Å²) < 4.78 is 72.1. The van der Waals surface area contributed by atoms with E-state index in [0.29, 0.717) is 10.6 Å². The molecule has 1 aliphatic heterocycles. The molecule has 2 heterocycles. The van der Waals surface area contributed by atoms with E-state index in [1.807, 2.05) is 13.8 Å². The SMILES string of the molecule is CC(C)c1ncsc1C(=O)Nc1ccc2c(c1)S(=O)(=O)N(c1ccc(C(F)(F)F)cc1)CCO2. The predicted molar refractivity (Wildman–Crippen MR) is 122 cm³/mol. The van der Waals surface area contributed by atoms with Crippen molar-refractivity contribution in [1.29, 1.82) is 0 Å². The summed E-state index contributed by atoms with van der Waals surface area (Å²) in [5.41, 5.74) is 1.63. The van der Waals surface area contributed by atoms with Gasteiger partial charge in [-0.05, 0) is 48.4 Å².